The van der Waals surface area contributed by atoms with Crippen LogP contribution in [0, 0.1) is 5.92 Å². The standard InChI is InChI=1S/C12H13BrN2O5S/c13-10-2-1-8(21(14,19)20)5-9(10)11(16)15-4-3-7(6-15)12(17)18/h1-2,5,7H,3-4,6H2,(H,17,18)(H2,14,19,20)/t7-/m1/s1. The van der Waals surface area contributed by atoms with Crippen LogP contribution in [0.25, 0.3) is 0 Å². The molecular weight excluding hydrogens is 364 g/mol. The van der Waals surface area contributed by atoms with Gasteiger partial charge in [0.25, 0.3) is 5.91 Å². The summed E-state index contributed by atoms with van der Waals surface area (Å²) in [5.74, 6) is -1.95. The van der Waals surface area contributed by atoms with E-state index in [0.717, 1.165) is 0 Å². The van der Waals surface area contributed by atoms with Crippen LogP contribution in [-0.4, -0.2) is 43.4 Å². The minimum absolute atomic E-state index is 0.111. The first-order valence-electron chi connectivity index (χ1n) is 6.04. The molecule has 0 bridgehead atoms. The minimum atomic E-state index is -3.91. The van der Waals surface area contributed by atoms with E-state index in [9.17, 15) is 18.0 Å². The summed E-state index contributed by atoms with van der Waals surface area (Å²) in [6, 6.07) is 3.91. The predicted molar refractivity (Wildman–Crippen MR) is 77.2 cm³/mol. The smallest absolute Gasteiger partial charge is 0.308 e. The number of carboxylic acids is 1. The molecule has 0 aromatic heterocycles. The lowest BCUT2D eigenvalue weighted by Gasteiger charge is -2.17. The normalized spacial score (nSPS) is 18.8. The fourth-order valence-corrected chi connectivity index (χ4v) is 3.12. The van der Waals surface area contributed by atoms with Gasteiger partial charge in [-0.1, -0.05) is 0 Å². The van der Waals surface area contributed by atoms with E-state index in [2.05, 4.69) is 15.9 Å². The first-order chi connectivity index (χ1) is 9.70. The lowest BCUT2D eigenvalue weighted by atomic mass is 10.1. The van der Waals surface area contributed by atoms with Crippen molar-refractivity contribution in [2.45, 2.75) is 11.3 Å². The number of carbonyl (C=O) groups is 2. The Labute approximate surface area is 129 Å². The van der Waals surface area contributed by atoms with Crippen LogP contribution in [0.4, 0.5) is 0 Å². The molecule has 0 saturated carbocycles. The SMILES string of the molecule is NS(=O)(=O)c1ccc(Br)c(C(=O)N2CC[C@@H](C(=O)O)C2)c1. The predicted octanol–water partition coefficient (Wildman–Crippen LogP) is 0.643. The summed E-state index contributed by atoms with van der Waals surface area (Å²) in [6.45, 7) is 0.433. The second-order valence-corrected chi connectivity index (χ2v) is 7.18. The van der Waals surface area contributed by atoms with Gasteiger partial charge in [-0.25, -0.2) is 13.6 Å². The molecule has 0 unspecified atom stereocenters. The van der Waals surface area contributed by atoms with E-state index in [1.807, 2.05) is 0 Å². The molecule has 21 heavy (non-hydrogen) atoms. The van der Waals surface area contributed by atoms with Crippen molar-refractivity contribution >= 4 is 37.8 Å². The van der Waals surface area contributed by atoms with E-state index >= 15 is 0 Å². The van der Waals surface area contributed by atoms with Crippen LogP contribution in [0.3, 0.4) is 0 Å². The zero-order valence-corrected chi connectivity index (χ0v) is 13.2. The largest absolute Gasteiger partial charge is 0.481 e. The van der Waals surface area contributed by atoms with Gasteiger partial charge in [0, 0.05) is 17.6 Å². The molecule has 1 amide bonds. The van der Waals surface area contributed by atoms with Gasteiger partial charge < -0.3 is 10.0 Å². The molecular formula is C12H13BrN2O5S. The number of rotatable bonds is 3. The summed E-state index contributed by atoms with van der Waals surface area (Å²) in [5, 5.41) is 14.0. The molecule has 1 atom stereocenters. The van der Waals surface area contributed by atoms with Gasteiger partial charge in [0.15, 0.2) is 0 Å². The second-order valence-electron chi connectivity index (χ2n) is 4.76. The number of amides is 1. The Morgan fingerprint density at radius 2 is 2.05 bits per heavy atom. The summed E-state index contributed by atoms with van der Waals surface area (Å²) in [5.41, 5.74) is 0.146. The molecule has 1 aromatic rings. The Hall–Kier alpha value is -1.45. The van der Waals surface area contributed by atoms with Gasteiger partial charge >= 0.3 is 5.97 Å². The summed E-state index contributed by atoms with van der Waals surface area (Å²) < 4.78 is 23.1. The Balaban J connectivity index is 2.30. The molecule has 0 spiro atoms. The van der Waals surface area contributed by atoms with Crippen LogP contribution in [0.15, 0.2) is 27.6 Å². The van der Waals surface area contributed by atoms with Crippen molar-refractivity contribution in [3.63, 3.8) is 0 Å². The van der Waals surface area contributed by atoms with Crippen LogP contribution in [-0.2, 0) is 14.8 Å². The maximum Gasteiger partial charge on any atom is 0.308 e. The summed E-state index contributed by atoms with van der Waals surface area (Å²) in [7, 11) is -3.91. The molecule has 2 rings (SSSR count). The number of benzene rings is 1. The Bertz CT molecular complexity index is 704. The van der Waals surface area contributed by atoms with Crippen molar-refractivity contribution in [1.82, 2.24) is 4.90 Å². The average molecular weight is 377 g/mol. The van der Waals surface area contributed by atoms with Crippen LogP contribution in [0.1, 0.15) is 16.8 Å². The van der Waals surface area contributed by atoms with Crippen molar-refractivity contribution in [3.8, 4) is 0 Å². The molecule has 0 radical (unpaired) electrons. The third kappa shape index (κ3) is 3.42. The lowest BCUT2D eigenvalue weighted by molar-refractivity contribution is -0.141. The molecule has 1 heterocycles. The van der Waals surface area contributed by atoms with Crippen LogP contribution < -0.4 is 5.14 Å². The third-order valence-corrected chi connectivity index (χ3v) is 4.92. The van der Waals surface area contributed by atoms with Gasteiger partial charge in [-0.15, -0.1) is 0 Å². The van der Waals surface area contributed by atoms with Crippen molar-refractivity contribution in [1.29, 1.82) is 0 Å². The quantitative estimate of drug-likeness (QED) is 0.802. The summed E-state index contributed by atoms with van der Waals surface area (Å²) in [4.78, 5) is 24.5. The number of aliphatic carboxylic acids is 1. The fraction of sp³-hybridized carbons (Fsp3) is 0.333. The number of carboxylic acid groups (broad SMARTS) is 1. The van der Waals surface area contributed by atoms with Gasteiger partial charge in [-0.2, -0.15) is 0 Å². The zero-order chi connectivity index (χ0) is 15.8. The number of carbonyl (C=O) groups excluding carboxylic acids is 1. The van der Waals surface area contributed by atoms with Gasteiger partial charge in [-0.05, 0) is 40.5 Å². The number of likely N-dealkylation sites (tertiary alicyclic amines) is 1. The van der Waals surface area contributed by atoms with Crippen molar-refractivity contribution < 1.29 is 23.1 Å². The molecule has 9 heteroatoms. The maximum absolute atomic E-state index is 12.4. The molecule has 1 aliphatic heterocycles. The van der Waals surface area contributed by atoms with Crippen LogP contribution in [0.2, 0.25) is 0 Å². The fourth-order valence-electron chi connectivity index (χ4n) is 2.16. The molecule has 1 fully saturated rings. The second kappa shape index (κ2) is 5.74. The Morgan fingerprint density at radius 3 is 2.57 bits per heavy atom. The highest BCUT2D eigenvalue weighted by atomic mass is 79.9. The molecule has 7 nitrogen and oxygen atoms in total. The third-order valence-electron chi connectivity index (χ3n) is 3.32. The van der Waals surface area contributed by atoms with Crippen molar-refractivity contribution in [2.24, 2.45) is 11.1 Å². The van der Waals surface area contributed by atoms with Crippen LogP contribution >= 0.6 is 15.9 Å². The summed E-state index contributed by atoms with van der Waals surface area (Å²) >= 11 is 3.19. The number of sulfonamides is 1. The van der Waals surface area contributed by atoms with E-state index in [-0.39, 0.29) is 17.0 Å². The number of primary sulfonamides is 1. The van der Waals surface area contributed by atoms with E-state index in [4.69, 9.17) is 10.2 Å². The first-order valence-corrected chi connectivity index (χ1v) is 8.38. The average Bonchev–Trinajstić information content (AvgIpc) is 2.86. The van der Waals surface area contributed by atoms with Gasteiger partial charge in [0.05, 0.1) is 16.4 Å². The van der Waals surface area contributed by atoms with Crippen molar-refractivity contribution in [2.75, 3.05) is 13.1 Å². The van der Waals surface area contributed by atoms with Gasteiger partial charge in [0.1, 0.15) is 0 Å². The highest BCUT2D eigenvalue weighted by Gasteiger charge is 2.32. The zero-order valence-electron chi connectivity index (χ0n) is 10.8. The topological polar surface area (TPSA) is 118 Å². The highest BCUT2D eigenvalue weighted by molar-refractivity contribution is 9.10. The Morgan fingerprint density at radius 1 is 1.38 bits per heavy atom. The van der Waals surface area contributed by atoms with E-state index in [0.29, 0.717) is 17.4 Å². The number of hydrogen-bond donors (Lipinski definition) is 2. The lowest BCUT2D eigenvalue weighted by Crippen LogP contribution is -2.30. The maximum atomic E-state index is 12.4. The van der Waals surface area contributed by atoms with E-state index < -0.39 is 27.8 Å². The molecule has 114 valence electrons. The summed E-state index contributed by atoms with van der Waals surface area (Å²) in [6.07, 6.45) is 0.383. The molecule has 1 aliphatic rings. The van der Waals surface area contributed by atoms with Crippen molar-refractivity contribution in [3.05, 3.63) is 28.2 Å². The first kappa shape index (κ1) is 15.9. The molecule has 1 aromatic carbocycles. The highest BCUT2D eigenvalue weighted by Crippen LogP contribution is 2.25. The van der Waals surface area contributed by atoms with E-state index in [1.54, 1.807) is 0 Å². The minimum Gasteiger partial charge on any atom is -0.481 e. The number of halogens is 1. The van der Waals surface area contributed by atoms with E-state index in [1.165, 1.54) is 23.1 Å². The number of hydrogen-bond acceptors (Lipinski definition) is 4. The number of nitrogens with zero attached hydrogens (tertiary/aromatic N) is 1. The Kier molecular flexibility index (Phi) is 4.35. The number of nitrogens with two attached hydrogens (primary N) is 1. The molecule has 3 N–H and O–H groups in total. The molecule has 0 aliphatic carbocycles. The van der Waals surface area contributed by atoms with Crippen LogP contribution in [0.5, 0.6) is 0 Å². The molecule has 1 saturated heterocycles. The van der Waals surface area contributed by atoms with Gasteiger partial charge in [-0.3, -0.25) is 9.59 Å². The van der Waals surface area contributed by atoms with Gasteiger partial charge in [0.2, 0.25) is 10.0 Å². The monoisotopic (exact) mass is 376 g/mol.